The summed E-state index contributed by atoms with van der Waals surface area (Å²) in [5, 5.41) is 0. The molecule has 21 heavy (non-hydrogen) atoms. The molecule has 0 saturated carbocycles. The molecule has 0 atom stereocenters. The molecule has 0 aromatic heterocycles. The first-order valence-electron chi connectivity index (χ1n) is 7.01. The van der Waals surface area contributed by atoms with Gasteiger partial charge < -0.3 is 10.5 Å². The van der Waals surface area contributed by atoms with Crippen molar-refractivity contribution in [3.8, 4) is 5.75 Å². The minimum absolute atomic E-state index is 0.803. The van der Waals surface area contributed by atoms with Crippen LogP contribution in [0.4, 0.5) is 5.69 Å². The summed E-state index contributed by atoms with van der Waals surface area (Å²) in [6.07, 6.45) is 0. The van der Waals surface area contributed by atoms with Crippen molar-refractivity contribution in [2.45, 2.75) is 20.0 Å². The van der Waals surface area contributed by atoms with Crippen molar-refractivity contribution < 1.29 is 4.74 Å². The maximum atomic E-state index is 5.73. The highest BCUT2D eigenvalue weighted by Crippen LogP contribution is 2.24. The smallest absolute Gasteiger partial charge is 0.119 e. The molecule has 0 fully saturated rings. The predicted octanol–water partition coefficient (Wildman–Crippen LogP) is 4.06. The van der Waals surface area contributed by atoms with E-state index in [1.165, 1.54) is 11.1 Å². The van der Waals surface area contributed by atoms with E-state index in [1.54, 1.807) is 7.11 Å². The molecule has 4 heteroatoms. The molecular weight excluding hydrogens is 328 g/mol. The van der Waals surface area contributed by atoms with Crippen molar-refractivity contribution in [3.05, 3.63) is 58.1 Å². The lowest BCUT2D eigenvalue weighted by Gasteiger charge is -2.21. The van der Waals surface area contributed by atoms with Crippen molar-refractivity contribution in [2.75, 3.05) is 19.4 Å². The van der Waals surface area contributed by atoms with Gasteiger partial charge in [0.25, 0.3) is 0 Å². The molecule has 0 aliphatic carbocycles. The topological polar surface area (TPSA) is 38.5 Å². The molecule has 2 aromatic rings. The van der Waals surface area contributed by atoms with Crippen molar-refractivity contribution in [1.29, 1.82) is 0 Å². The summed E-state index contributed by atoms with van der Waals surface area (Å²) in [6.45, 7) is 4.93. The number of nitrogens with two attached hydrogens (primary N) is 1. The monoisotopic (exact) mass is 348 g/mol. The van der Waals surface area contributed by atoms with Crippen LogP contribution in [0.3, 0.4) is 0 Å². The molecule has 0 spiro atoms. The summed E-state index contributed by atoms with van der Waals surface area (Å²) in [4.78, 5) is 2.38. The van der Waals surface area contributed by atoms with Gasteiger partial charge in [0.15, 0.2) is 0 Å². The Hall–Kier alpha value is -1.52. The average Bonchev–Trinajstić information content (AvgIpc) is 2.50. The SMILES string of the molecule is CCN(Cc1ccc(N)cc1)Cc1cc(OC)ccc1Br. The number of rotatable bonds is 6. The first-order valence-corrected chi connectivity index (χ1v) is 7.81. The normalized spacial score (nSPS) is 10.9. The number of anilines is 1. The summed E-state index contributed by atoms with van der Waals surface area (Å²) < 4.78 is 6.41. The molecule has 2 N–H and O–H groups in total. The quantitative estimate of drug-likeness (QED) is 0.800. The predicted molar refractivity (Wildman–Crippen MR) is 91.3 cm³/mol. The lowest BCUT2D eigenvalue weighted by Crippen LogP contribution is -2.22. The third-order valence-corrected chi connectivity index (χ3v) is 4.25. The highest BCUT2D eigenvalue weighted by Gasteiger charge is 2.09. The number of methoxy groups -OCH3 is 1. The molecule has 0 aliphatic heterocycles. The molecule has 0 radical (unpaired) electrons. The van der Waals surface area contributed by atoms with Gasteiger partial charge >= 0.3 is 0 Å². The fourth-order valence-electron chi connectivity index (χ4n) is 2.20. The molecule has 0 amide bonds. The van der Waals surface area contributed by atoms with Crippen molar-refractivity contribution >= 4 is 21.6 Å². The van der Waals surface area contributed by atoms with E-state index in [1.807, 2.05) is 24.3 Å². The molecule has 3 nitrogen and oxygen atoms in total. The molecule has 112 valence electrons. The summed E-state index contributed by atoms with van der Waals surface area (Å²) >= 11 is 3.61. The van der Waals surface area contributed by atoms with E-state index >= 15 is 0 Å². The first-order chi connectivity index (χ1) is 10.1. The van der Waals surface area contributed by atoms with Crippen LogP contribution in [-0.4, -0.2) is 18.6 Å². The maximum absolute atomic E-state index is 5.73. The van der Waals surface area contributed by atoms with Gasteiger partial charge in [0.2, 0.25) is 0 Å². The number of nitrogen functional groups attached to an aromatic ring is 1. The Balaban J connectivity index is 2.10. The lowest BCUT2D eigenvalue weighted by molar-refractivity contribution is 0.270. The number of hydrogen-bond donors (Lipinski definition) is 1. The van der Waals surface area contributed by atoms with Crippen LogP contribution in [-0.2, 0) is 13.1 Å². The number of nitrogens with zero attached hydrogens (tertiary/aromatic N) is 1. The van der Waals surface area contributed by atoms with E-state index in [9.17, 15) is 0 Å². The van der Waals surface area contributed by atoms with E-state index in [2.05, 4.69) is 46.0 Å². The zero-order valence-corrected chi connectivity index (χ0v) is 14.1. The Morgan fingerprint density at radius 2 is 1.81 bits per heavy atom. The van der Waals surface area contributed by atoms with Gasteiger partial charge in [0.05, 0.1) is 7.11 Å². The van der Waals surface area contributed by atoms with Crippen LogP contribution in [0.2, 0.25) is 0 Å². The molecule has 0 heterocycles. The van der Waals surface area contributed by atoms with E-state index in [0.29, 0.717) is 0 Å². The Kier molecular flexibility index (Phi) is 5.65. The van der Waals surface area contributed by atoms with E-state index < -0.39 is 0 Å². The van der Waals surface area contributed by atoms with E-state index in [4.69, 9.17) is 10.5 Å². The Morgan fingerprint density at radius 1 is 1.10 bits per heavy atom. The Morgan fingerprint density at radius 3 is 2.43 bits per heavy atom. The highest BCUT2D eigenvalue weighted by atomic mass is 79.9. The zero-order chi connectivity index (χ0) is 15.2. The van der Waals surface area contributed by atoms with Gasteiger partial charge in [-0.1, -0.05) is 35.0 Å². The van der Waals surface area contributed by atoms with Crippen LogP contribution in [0.15, 0.2) is 46.9 Å². The molecule has 2 rings (SSSR count). The number of halogens is 1. The largest absolute Gasteiger partial charge is 0.497 e. The first kappa shape index (κ1) is 15.9. The second-order valence-corrected chi connectivity index (χ2v) is 5.86. The molecular formula is C17H21BrN2O. The molecule has 0 aliphatic rings. The molecule has 2 aromatic carbocycles. The average molecular weight is 349 g/mol. The minimum Gasteiger partial charge on any atom is -0.497 e. The summed E-state index contributed by atoms with van der Waals surface area (Å²) in [6, 6.07) is 14.1. The third kappa shape index (κ3) is 4.48. The third-order valence-electron chi connectivity index (χ3n) is 3.48. The Labute approximate surface area is 134 Å². The van der Waals surface area contributed by atoms with Gasteiger partial charge in [-0.3, -0.25) is 4.90 Å². The van der Waals surface area contributed by atoms with Crippen molar-refractivity contribution in [2.24, 2.45) is 0 Å². The minimum atomic E-state index is 0.803. The zero-order valence-electron chi connectivity index (χ0n) is 12.5. The van der Waals surface area contributed by atoms with Crippen LogP contribution in [0.25, 0.3) is 0 Å². The highest BCUT2D eigenvalue weighted by molar-refractivity contribution is 9.10. The van der Waals surface area contributed by atoms with E-state index in [0.717, 1.165) is 35.5 Å². The van der Waals surface area contributed by atoms with Crippen LogP contribution in [0, 0.1) is 0 Å². The standard InChI is InChI=1S/C17H21BrN2O/c1-3-20(11-13-4-6-15(19)7-5-13)12-14-10-16(21-2)8-9-17(14)18/h4-10H,3,11-12,19H2,1-2H3. The van der Waals surface area contributed by atoms with Crippen molar-refractivity contribution in [3.63, 3.8) is 0 Å². The van der Waals surface area contributed by atoms with Crippen LogP contribution in [0.5, 0.6) is 5.75 Å². The maximum Gasteiger partial charge on any atom is 0.119 e. The number of hydrogen-bond acceptors (Lipinski definition) is 3. The van der Waals surface area contributed by atoms with Crippen LogP contribution in [0.1, 0.15) is 18.1 Å². The number of ether oxygens (including phenoxy) is 1. The van der Waals surface area contributed by atoms with Crippen LogP contribution < -0.4 is 10.5 Å². The van der Waals surface area contributed by atoms with Gasteiger partial charge in [-0.2, -0.15) is 0 Å². The van der Waals surface area contributed by atoms with Gasteiger partial charge in [0.1, 0.15) is 5.75 Å². The number of benzene rings is 2. The Bertz CT molecular complexity index is 584. The fraction of sp³-hybridized carbons (Fsp3) is 0.294. The second-order valence-electron chi connectivity index (χ2n) is 5.00. The van der Waals surface area contributed by atoms with Crippen molar-refractivity contribution in [1.82, 2.24) is 4.90 Å². The van der Waals surface area contributed by atoms with Gasteiger partial charge in [-0.25, -0.2) is 0 Å². The molecule has 0 bridgehead atoms. The van der Waals surface area contributed by atoms with Gasteiger partial charge in [-0.05, 0) is 48.0 Å². The second kappa shape index (κ2) is 7.48. The molecule has 0 unspecified atom stereocenters. The lowest BCUT2D eigenvalue weighted by atomic mass is 10.1. The van der Waals surface area contributed by atoms with Crippen LogP contribution >= 0.6 is 15.9 Å². The summed E-state index contributed by atoms with van der Waals surface area (Å²) in [7, 11) is 1.69. The van der Waals surface area contributed by atoms with E-state index in [-0.39, 0.29) is 0 Å². The summed E-state index contributed by atoms with van der Waals surface area (Å²) in [5.74, 6) is 0.886. The van der Waals surface area contributed by atoms with Gasteiger partial charge in [-0.15, -0.1) is 0 Å². The summed E-state index contributed by atoms with van der Waals surface area (Å²) in [5.41, 5.74) is 9.03. The molecule has 0 saturated heterocycles. The fourth-order valence-corrected chi connectivity index (χ4v) is 2.57. The van der Waals surface area contributed by atoms with Gasteiger partial charge in [0, 0.05) is 23.2 Å².